The average Bonchev–Trinajstić information content (AvgIpc) is 3.24. The lowest BCUT2D eigenvalue weighted by atomic mass is 10.3. The number of nitrogens with zero attached hydrogens (tertiary/aromatic N) is 2. The molecule has 0 fully saturated rings. The molecule has 124 valence electrons. The van der Waals surface area contributed by atoms with Gasteiger partial charge in [0.25, 0.3) is 5.91 Å². The second-order valence-corrected chi connectivity index (χ2v) is 5.86. The van der Waals surface area contributed by atoms with Gasteiger partial charge in [0.1, 0.15) is 11.5 Å². The molecule has 0 saturated carbocycles. The lowest BCUT2D eigenvalue weighted by molar-refractivity contribution is -0.119. The normalized spacial score (nSPS) is 10.6. The summed E-state index contributed by atoms with van der Waals surface area (Å²) in [5.41, 5.74) is 1.22. The number of nitrogens with one attached hydrogen (secondary N) is 2. The Morgan fingerprint density at radius 3 is 2.88 bits per heavy atom. The van der Waals surface area contributed by atoms with Crippen LogP contribution in [-0.4, -0.2) is 22.0 Å². The lowest BCUT2D eigenvalue weighted by Gasteiger charge is -1.97. The second kappa shape index (κ2) is 6.67. The molecule has 0 aliphatic heterocycles. The standard InChI is InChI=1S/C15H14N4O4S/c1-8-5-13(23-19-8)14(21)18-15-17-11(7-24-15)12-4-3-10(22-12)6-16-9(2)20/h3-5,7H,6H2,1-2H3,(H,16,20)(H,17,18,21). The van der Waals surface area contributed by atoms with Gasteiger partial charge in [0.05, 0.1) is 12.2 Å². The topological polar surface area (TPSA) is 110 Å². The second-order valence-electron chi connectivity index (χ2n) is 5.00. The zero-order valence-corrected chi connectivity index (χ0v) is 13.8. The van der Waals surface area contributed by atoms with Crippen LogP contribution in [0.25, 0.3) is 11.5 Å². The van der Waals surface area contributed by atoms with E-state index in [1.54, 1.807) is 30.5 Å². The van der Waals surface area contributed by atoms with E-state index in [0.717, 1.165) is 0 Å². The quantitative estimate of drug-likeness (QED) is 0.735. The number of carbonyl (C=O) groups is 2. The SMILES string of the molecule is CC(=O)NCc1ccc(-c2csc(NC(=O)c3cc(C)no3)n2)o1. The summed E-state index contributed by atoms with van der Waals surface area (Å²) in [6.07, 6.45) is 0. The summed E-state index contributed by atoms with van der Waals surface area (Å²) in [5, 5.41) is 11.2. The number of carbonyl (C=O) groups excluding carboxylic acids is 2. The first-order valence-electron chi connectivity index (χ1n) is 7.05. The Morgan fingerprint density at radius 2 is 2.17 bits per heavy atom. The predicted octanol–water partition coefficient (Wildman–Crippen LogP) is 2.59. The van der Waals surface area contributed by atoms with E-state index in [9.17, 15) is 9.59 Å². The summed E-state index contributed by atoms with van der Waals surface area (Å²) in [4.78, 5) is 27.2. The van der Waals surface area contributed by atoms with Crippen molar-refractivity contribution in [1.29, 1.82) is 0 Å². The molecule has 0 unspecified atom stereocenters. The smallest absolute Gasteiger partial charge is 0.296 e. The molecule has 0 saturated heterocycles. The first-order chi connectivity index (χ1) is 11.5. The Hall–Kier alpha value is -2.94. The van der Waals surface area contributed by atoms with Crippen LogP contribution < -0.4 is 10.6 Å². The Morgan fingerprint density at radius 1 is 1.33 bits per heavy atom. The van der Waals surface area contributed by atoms with Crippen molar-refractivity contribution in [3.63, 3.8) is 0 Å². The highest BCUT2D eigenvalue weighted by atomic mass is 32.1. The largest absolute Gasteiger partial charge is 0.458 e. The molecule has 8 nitrogen and oxygen atoms in total. The molecule has 3 heterocycles. The van der Waals surface area contributed by atoms with Gasteiger partial charge in [-0.25, -0.2) is 4.98 Å². The van der Waals surface area contributed by atoms with E-state index in [1.807, 2.05) is 0 Å². The number of aryl methyl sites for hydroxylation is 1. The average molecular weight is 346 g/mol. The van der Waals surface area contributed by atoms with Crippen LogP contribution in [0.2, 0.25) is 0 Å². The van der Waals surface area contributed by atoms with Crippen molar-refractivity contribution in [2.24, 2.45) is 0 Å². The molecule has 3 aromatic heterocycles. The van der Waals surface area contributed by atoms with Crippen LogP contribution in [0.15, 0.2) is 32.5 Å². The summed E-state index contributed by atoms with van der Waals surface area (Å²) in [5.74, 6) is 0.759. The fourth-order valence-electron chi connectivity index (χ4n) is 1.90. The lowest BCUT2D eigenvalue weighted by Crippen LogP contribution is -2.18. The highest BCUT2D eigenvalue weighted by molar-refractivity contribution is 7.14. The van der Waals surface area contributed by atoms with Crippen LogP contribution in [0.1, 0.15) is 28.9 Å². The van der Waals surface area contributed by atoms with Gasteiger partial charge >= 0.3 is 0 Å². The Labute approximate surface area is 140 Å². The van der Waals surface area contributed by atoms with Gasteiger partial charge in [0, 0.05) is 18.4 Å². The predicted molar refractivity (Wildman–Crippen MR) is 86.5 cm³/mol. The van der Waals surface area contributed by atoms with Gasteiger partial charge in [-0.1, -0.05) is 5.16 Å². The molecule has 3 rings (SSSR count). The number of rotatable bonds is 5. The van der Waals surface area contributed by atoms with Crippen molar-refractivity contribution in [3.8, 4) is 11.5 Å². The van der Waals surface area contributed by atoms with Crippen LogP contribution in [0, 0.1) is 6.92 Å². The van der Waals surface area contributed by atoms with Crippen molar-refractivity contribution in [1.82, 2.24) is 15.5 Å². The van der Waals surface area contributed by atoms with Crippen molar-refractivity contribution in [2.45, 2.75) is 20.4 Å². The van der Waals surface area contributed by atoms with E-state index < -0.39 is 5.91 Å². The number of furan rings is 1. The third kappa shape index (κ3) is 3.69. The first kappa shape index (κ1) is 15.9. The molecule has 9 heteroatoms. The minimum atomic E-state index is -0.415. The van der Waals surface area contributed by atoms with Gasteiger partial charge in [-0.15, -0.1) is 11.3 Å². The molecule has 0 bridgehead atoms. The van der Waals surface area contributed by atoms with E-state index in [0.29, 0.717) is 34.6 Å². The maximum Gasteiger partial charge on any atom is 0.296 e. The highest BCUT2D eigenvalue weighted by Gasteiger charge is 2.15. The molecule has 0 aliphatic rings. The number of amides is 2. The molecular formula is C15H14N4O4S. The summed E-state index contributed by atoms with van der Waals surface area (Å²) in [7, 11) is 0. The minimum Gasteiger partial charge on any atom is -0.458 e. The molecule has 0 spiro atoms. The number of hydrogen-bond acceptors (Lipinski definition) is 7. The third-order valence-electron chi connectivity index (χ3n) is 3.00. The summed E-state index contributed by atoms with van der Waals surface area (Å²) in [6.45, 7) is 3.49. The molecular weight excluding hydrogens is 332 g/mol. The first-order valence-corrected chi connectivity index (χ1v) is 7.93. The Bertz CT molecular complexity index is 880. The molecule has 0 radical (unpaired) electrons. The fourth-order valence-corrected chi connectivity index (χ4v) is 2.59. The molecule has 24 heavy (non-hydrogen) atoms. The highest BCUT2D eigenvalue weighted by Crippen LogP contribution is 2.27. The Kier molecular flexibility index (Phi) is 4.43. The van der Waals surface area contributed by atoms with E-state index in [-0.39, 0.29) is 11.7 Å². The number of thiazole rings is 1. The van der Waals surface area contributed by atoms with E-state index in [2.05, 4.69) is 20.8 Å². The summed E-state index contributed by atoms with van der Waals surface area (Å²) in [6, 6.07) is 5.07. The molecule has 0 aromatic carbocycles. The van der Waals surface area contributed by atoms with Crippen LogP contribution in [0.4, 0.5) is 5.13 Å². The summed E-state index contributed by atoms with van der Waals surface area (Å²) >= 11 is 1.27. The van der Waals surface area contributed by atoms with E-state index in [1.165, 1.54) is 18.3 Å². The van der Waals surface area contributed by atoms with Crippen molar-refractivity contribution < 1.29 is 18.5 Å². The third-order valence-corrected chi connectivity index (χ3v) is 3.76. The Balaban J connectivity index is 1.67. The van der Waals surface area contributed by atoms with Crippen LogP contribution in [0.3, 0.4) is 0 Å². The molecule has 2 amide bonds. The monoisotopic (exact) mass is 346 g/mol. The molecule has 0 aliphatic carbocycles. The molecule has 3 aromatic rings. The maximum atomic E-state index is 12.0. The van der Waals surface area contributed by atoms with Gasteiger partial charge in [-0.3, -0.25) is 14.9 Å². The van der Waals surface area contributed by atoms with E-state index in [4.69, 9.17) is 8.94 Å². The number of anilines is 1. The summed E-state index contributed by atoms with van der Waals surface area (Å²) < 4.78 is 10.5. The van der Waals surface area contributed by atoms with Crippen LogP contribution in [0.5, 0.6) is 0 Å². The molecule has 0 atom stereocenters. The maximum absolute atomic E-state index is 12.0. The number of aromatic nitrogens is 2. The van der Waals surface area contributed by atoms with Gasteiger partial charge in [-0.05, 0) is 19.1 Å². The zero-order chi connectivity index (χ0) is 17.1. The van der Waals surface area contributed by atoms with Gasteiger partial charge in [0.2, 0.25) is 11.7 Å². The van der Waals surface area contributed by atoms with Crippen LogP contribution >= 0.6 is 11.3 Å². The van der Waals surface area contributed by atoms with Crippen LogP contribution in [-0.2, 0) is 11.3 Å². The van der Waals surface area contributed by atoms with E-state index >= 15 is 0 Å². The zero-order valence-electron chi connectivity index (χ0n) is 13.0. The minimum absolute atomic E-state index is 0.125. The van der Waals surface area contributed by atoms with Gasteiger partial charge < -0.3 is 14.3 Å². The van der Waals surface area contributed by atoms with Gasteiger partial charge in [0.15, 0.2) is 10.9 Å². The van der Waals surface area contributed by atoms with Crippen molar-refractivity contribution in [2.75, 3.05) is 5.32 Å². The van der Waals surface area contributed by atoms with Crippen molar-refractivity contribution in [3.05, 3.63) is 40.8 Å². The number of hydrogen-bond donors (Lipinski definition) is 2. The molecule has 2 N–H and O–H groups in total. The van der Waals surface area contributed by atoms with Crippen molar-refractivity contribution >= 4 is 28.3 Å². The van der Waals surface area contributed by atoms with Gasteiger partial charge in [-0.2, -0.15) is 0 Å². The fraction of sp³-hybridized carbons (Fsp3) is 0.200.